The van der Waals surface area contributed by atoms with Crippen LogP contribution in [0, 0.1) is 15.9 Å². The van der Waals surface area contributed by atoms with E-state index in [0.29, 0.717) is 19.6 Å². The highest BCUT2D eigenvalue weighted by atomic mass is 79.9. The van der Waals surface area contributed by atoms with E-state index in [4.69, 9.17) is 9.84 Å². The molecular formula is C11H14BrFN2O4. The number of benzene rings is 1. The van der Waals surface area contributed by atoms with E-state index in [1.165, 1.54) is 6.07 Å². The third-order valence-electron chi connectivity index (χ3n) is 2.25. The van der Waals surface area contributed by atoms with Crippen molar-refractivity contribution in [2.45, 2.75) is 6.42 Å². The summed E-state index contributed by atoms with van der Waals surface area (Å²) in [5, 5.41) is 22.1. The van der Waals surface area contributed by atoms with Crippen molar-refractivity contribution in [1.82, 2.24) is 0 Å². The summed E-state index contributed by atoms with van der Waals surface area (Å²) >= 11 is 2.98. The first kappa shape index (κ1) is 15.8. The minimum Gasteiger partial charge on any atom is -0.394 e. The van der Waals surface area contributed by atoms with Gasteiger partial charge in [0, 0.05) is 13.2 Å². The van der Waals surface area contributed by atoms with Crippen LogP contribution >= 0.6 is 15.9 Å². The number of aliphatic hydroxyl groups is 1. The molecule has 0 saturated carbocycles. The zero-order chi connectivity index (χ0) is 14.3. The molecule has 0 saturated heterocycles. The van der Waals surface area contributed by atoms with E-state index in [9.17, 15) is 14.5 Å². The lowest BCUT2D eigenvalue weighted by Gasteiger charge is -2.08. The third-order valence-corrected chi connectivity index (χ3v) is 2.86. The minimum atomic E-state index is -0.677. The van der Waals surface area contributed by atoms with Crippen LogP contribution in [0.15, 0.2) is 16.6 Å². The zero-order valence-electron chi connectivity index (χ0n) is 10.1. The van der Waals surface area contributed by atoms with Crippen LogP contribution in [0.2, 0.25) is 0 Å². The van der Waals surface area contributed by atoms with Crippen LogP contribution in [0.3, 0.4) is 0 Å². The molecule has 0 radical (unpaired) electrons. The van der Waals surface area contributed by atoms with E-state index < -0.39 is 10.7 Å². The Bertz CT molecular complexity index is 445. The van der Waals surface area contributed by atoms with E-state index in [1.54, 1.807) is 0 Å². The predicted molar refractivity (Wildman–Crippen MR) is 71.8 cm³/mol. The summed E-state index contributed by atoms with van der Waals surface area (Å²) in [5.74, 6) is -0.677. The monoisotopic (exact) mass is 336 g/mol. The molecule has 1 aromatic rings. The van der Waals surface area contributed by atoms with Crippen molar-refractivity contribution in [2.75, 3.05) is 31.7 Å². The van der Waals surface area contributed by atoms with Gasteiger partial charge in [-0.3, -0.25) is 10.1 Å². The summed E-state index contributed by atoms with van der Waals surface area (Å²) in [6.45, 7) is 1.11. The summed E-state index contributed by atoms with van der Waals surface area (Å²) in [5.41, 5.74) is -0.0580. The van der Waals surface area contributed by atoms with Gasteiger partial charge in [-0.05, 0) is 28.4 Å². The molecule has 8 heteroatoms. The van der Waals surface area contributed by atoms with Gasteiger partial charge in [0.05, 0.1) is 28.7 Å². The molecule has 0 spiro atoms. The number of nitrogens with zero attached hydrogens (tertiary/aromatic N) is 1. The number of hydrogen-bond acceptors (Lipinski definition) is 5. The standard InChI is InChI=1S/C11H14BrFN2O4/c12-8-6-10(11(15(17)18)7-9(8)13)14-2-1-4-19-5-3-16/h6-7,14,16H,1-5H2. The molecule has 0 heterocycles. The molecule has 0 amide bonds. The van der Waals surface area contributed by atoms with Crippen LogP contribution in [-0.4, -0.2) is 36.4 Å². The van der Waals surface area contributed by atoms with E-state index in [2.05, 4.69) is 21.2 Å². The van der Waals surface area contributed by atoms with E-state index >= 15 is 0 Å². The maximum absolute atomic E-state index is 13.2. The fourth-order valence-electron chi connectivity index (χ4n) is 1.39. The number of halogens is 2. The SMILES string of the molecule is O=[N+]([O-])c1cc(F)c(Br)cc1NCCCOCCO. The minimum absolute atomic E-state index is 0.0379. The molecule has 106 valence electrons. The quantitative estimate of drug-likeness (QED) is 0.432. The van der Waals surface area contributed by atoms with Crippen molar-refractivity contribution in [3.8, 4) is 0 Å². The van der Waals surface area contributed by atoms with Gasteiger partial charge in [-0.1, -0.05) is 0 Å². The Balaban J connectivity index is 2.57. The molecular weight excluding hydrogens is 323 g/mol. The van der Waals surface area contributed by atoms with Crippen LogP contribution in [-0.2, 0) is 4.74 Å². The Hall–Kier alpha value is -1.25. The van der Waals surface area contributed by atoms with E-state index in [1.807, 2.05) is 0 Å². The molecule has 2 N–H and O–H groups in total. The molecule has 0 bridgehead atoms. The van der Waals surface area contributed by atoms with Gasteiger partial charge >= 0.3 is 0 Å². The summed E-state index contributed by atoms with van der Waals surface area (Å²) in [7, 11) is 0. The average molecular weight is 337 g/mol. The Kier molecular flexibility index (Phi) is 6.68. The molecule has 0 aromatic heterocycles. The first-order chi connectivity index (χ1) is 9.06. The topological polar surface area (TPSA) is 84.6 Å². The van der Waals surface area contributed by atoms with Crippen molar-refractivity contribution in [1.29, 1.82) is 0 Å². The highest BCUT2D eigenvalue weighted by Gasteiger charge is 2.17. The second-order valence-corrected chi connectivity index (χ2v) is 4.51. The Morgan fingerprint density at radius 1 is 1.47 bits per heavy atom. The van der Waals surface area contributed by atoms with Crippen LogP contribution in [0.1, 0.15) is 6.42 Å². The van der Waals surface area contributed by atoms with Crippen LogP contribution in [0.25, 0.3) is 0 Å². The lowest BCUT2D eigenvalue weighted by Crippen LogP contribution is -2.09. The highest BCUT2D eigenvalue weighted by Crippen LogP contribution is 2.30. The first-order valence-electron chi connectivity index (χ1n) is 5.62. The number of hydrogen-bond donors (Lipinski definition) is 2. The molecule has 19 heavy (non-hydrogen) atoms. The number of nitro groups is 1. The van der Waals surface area contributed by atoms with Gasteiger partial charge in [-0.2, -0.15) is 0 Å². The first-order valence-corrected chi connectivity index (χ1v) is 6.41. The number of nitro benzene ring substituents is 1. The van der Waals surface area contributed by atoms with Gasteiger partial charge in [0.2, 0.25) is 0 Å². The predicted octanol–water partition coefficient (Wildman–Crippen LogP) is 2.31. The second-order valence-electron chi connectivity index (χ2n) is 3.66. The van der Waals surface area contributed by atoms with Crippen molar-refractivity contribution >= 4 is 27.3 Å². The summed E-state index contributed by atoms with van der Waals surface area (Å²) in [4.78, 5) is 10.2. The van der Waals surface area contributed by atoms with Gasteiger partial charge in [0.25, 0.3) is 5.69 Å². The fourth-order valence-corrected chi connectivity index (χ4v) is 1.74. The zero-order valence-corrected chi connectivity index (χ0v) is 11.7. The molecule has 0 atom stereocenters. The molecule has 0 aliphatic carbocycles. The van der Waals surface area contributed by atoms with Crippen molar-refractivity contribution in [3.63, 3.8) is 0 Å². The van der Waals surface area contributed by atoms with Crippen LogP contribution in [0.4, 0.5) is 15.8 Å². The van der Waals surface area contributed by atoms with Gasteiger partial charge in [0.15, 0.2) is 0 Å². The number of anilines is 1. The van der Waals surface area contributed by atoms with Gasteiger partial charge in [-0.25, -0.2) is 4.39 Å². The van der Waals surface area contributed by atoms with E-state index in [0.717, 1.165) is 6.07 Å². The average Bonchev–Trinajstić information content (AvgIpc) is 2.37. The number of ether oxygens (including phenoxy) is 1. The third kappa shape index (κ3) is 5.09. The number of nitrogens with one attached hydrogen (secondary N) is 1. The summed E-state index contributed by atoms with van der Waals surface area (Å²) < 4.78 is 18.4. The number of rotatable bonds is 8. The second kappa shape index (κ2) is 8.03. The van der Waals surface area contributed by atoms with Crippen molar-refractivity contribution in [3.05, 3.63) is 32.5 Å². The lowest BCUT2D eigenvalue weighted by atomic mass is 10.2. The molecule has 0 unspecified atom stereocenters. The molecule has 0 fully saturated rings. The van der Waals surface area contributed by atoms with Crippen molar-refractivity contribution < 1.29 is 19.2 Å². The maximum atomic E-state index is 13.2. The van der Waals surface area contributed by atoms with E-state index in [-0.39, 0.29) is 29.1 Å². The van der Waals surface area contributed by atoms with Gasteiger partial charge < -0.3 is 15.2 Å². The summed E-state index contributed by atoms with van der Waals surface area (Å²) in [6.07, 6.45) is 0.617. The Morgan fingerprint density at radius 3 is 2.84 bits per heavy atom. The van der Waals surface area contributed by atoms with Crippen LogP contribution < -0.4 is 5.32 Å². The normalized spacial score (nSPS) is 10.5. The Labute approximate surface area is 117 Å². The van der Waals surface area contributed by atoms with Gasteiger partial charge in [0.1, 0.15) is 11.5 Å². The maximum Gasteiger partial charge on any atom is 0.295 e. The Morgan fingerprint density at radius 2 is 2.21 bits per heavy atom. The molecule has 1 rings (SSSR count). The molecule has 1 aromatic carbocycles. The molecule has 0 aliphatic rings. The van der Waals surface area contributed by atoms with Crippen LogP contribution in [0.5, 0.6) is 0 Å². The molecule has 0 aliphatic heterocycles. The largest absolute Gasteiger partial charge is 0.394 e. The number of aliphatic hydroxyl groups excluding tert-OH is 1. The fraction of sp³-hybridized carbons (Fsp3) is 0.455. The van der Waals surface area contributed by atoms with Crippen molar-refractivity contribution in [2.24, 2.45) is 0 Å². The smallest absolute Gasteiger partial charge is 0.295 e. The molecule has 6 nitrogen and oxygen atoms in total. The van der Waals surface area contributed by atoms with Gasteiger partial charge in [-0.15, -0.1) is 0 Å². The summed E-state index contributed by atoms with van der Waals surface area (Å²) in [6, 6.07) is 2.21. The lowest BCUT2D eigenvalue weighted by molar-refractivity contribution is -0.384. The highest BCUT2D eigenvalue weighted by molar-refractivity contribution is 9.10.